The molecule has 156 valence electrons. The fraction of sp³-hybridized carbons (Fsp3) is 0.300. The molecular formula is C20H24ClN3O4S. The van der Waals surface area contributed by atoms with Crippen molar-refractivity contribution in [3.8, 4) is 11.5 Å². The van der Waals surface area contributed by atoms with E-state index in [1.165, 1.54) is 7.11 Å². The fourth-order valence-electron chi connectivity index (χ4n) is 2.28. The van der Waals surface area contributed by atoms with Gasteiger partial charge in [-0.3, -0.25) is 5.32 Å². The lowest BCUT2D eigenvalue weighted by atomic mass is 10.2. The molecule has 0 aliphatic carbocycles. The molecule has 0 heterocycles. The standard InChI is InChI=1S/C20H24ClN3O4S/c1-12(2)11-28-20(25)23-14-7-5-13(6-8-14)22-19(29)24-16-9-15(21)17(26-3)10-18(16)27-4/h5-10,12H,11H2,1-4H3,(H,23,25)(H2,22,24,29). The molecule has 0 bridgehead atoms. The zero-order valence-electron chi connectivity index (χ0n) is 16.7. The van der Waals surface area contributed by atoms with Crippen molar-refractivity contribution in [1.29, 1.82) is 0 Å². The van der Waals surface area contributed by atoms with Crippen LogP contribution in [0.25, 0.3) is 0 Å². The number of carbonyl (C=O) groups is 1. The normalized spacial score (nSPS) is 10.3. The number of halogens is 1. The van der Waals surface area contributed by atoms with Gasteiger partial charge in [-0.25, -0.2) is 4.79 Å². The summed E-state index contributed by atoms with van der Waals surface area (Å²) in [6, 6.07) is 10.4. The highest BCUT2D eigenvalue weighted by Gasteiger charge is 2.11. The highest BCUT2D eigenvalue weighted by molar-refractivity contribution is 7.80. The number of nitrogens with one attached hydrogen (secondary N) is 3. The lowest BCUT2D eigenvalue weighted by molar-refractivity contribution is 0.147. The number of benzene rings is 2. The Morgan fingerprint density at radius 1 is 1.00 bits per heavy atom. The Hall–Kier alpha value is -2.71. The smallest absolute Gasteiger partial charge is 0.411 e. The van der Waals surface area contributed by atoms with Crippen LogP contribution in [0.2, 0.25) is 5.02 Å². The Morgan fingerprint density at radius 3 is 2.14 bits per heavy atom. The molecule has 2 rings (SSSR count). The molecule has 0 saturated heterocycles. The Bertz CT molecular complexity index is 860. The van der Waals surface area contributed by atoms with Gasteiger partial charge in [-0.15, -0.1) is 0 Å². The molecule has 0 saturated carbocycles. The molecule has 29 heavy (non-hydrogen) atoms. The van der Waals surface area contributed by atoms with Crippen LogP contribution in [-0.2, 0) is 4.74 Å². The van der Waals surface area contributed by atoms with Crippen LogP contribution in [0.3, 0.4) is 0 Å². The molecule has 0 unspecified atom stereocenters. The molecule has 1 amide bonds. The van der Waals surface area contributed by atoms with Crippen LogP contribution >= 0.6 is 23.8 Å². The molecule has 0 radical (unpaired) electrons. The van der Waals surface area contributed by atoms with Crippen LogP contribution in [0, 0.1) is 5.92 Å². The number of rotatable bonds is 7. The van der Waals surface area contributed by atoms with Crippen molar-refractivity contribution in [2.45, 2.75) is 13.8 Å². The Balaban J connectivity index is 1.96. The summed E-state index contributed by atoms with van der Waals surface area (Å²) >= 11 is 11.5. The summed E-state index contributed by atoms with van der Waals surface area (Å²) in [7, 11) is 3.07. The molecule has 0 aliphatic heterocycles. The van der Waals surface area contributed by atoms with Crippen molar-refractivity contribution in [1.82, 2.24) is 0 Å². The predicted octanol–water partition coefficient (Wildman–Crippen LogP) is 5.37. The SMILES string of the molecule is COc1cc(OC)c(NC(=S)Nc2ccc(NC(=O)OCC(C)C)cc2)cc1Cl. The quantitative estimate of drug-likeness (QED) is 0.502. The van der Waals surface area contributed by atoms with Gasteiger partial charge in [-0.1, -0.05) is 25.4 Å². The van der Waals surface area contributed by atoms with Gasteiger partial charge in [0.2, 0.25) is 0 Å². The van der Waals surface area contributed by atoms with Crippen LogP contribution in [0.15, 0.2) is 36.4 Å². The molecule has 0 atom stereocenters. The van der Waals surface area contributed by atoms with Gasteiger partial charge in [0.25, 0.3) is 0 Å². The Labute approximate surface area is 180 Å². The molecule has 7 nitrogen and oxygen atoms in total. The topological polar surface area (TPSA) is 80.9 Å². The van der Waals surface area contributed by atoms with E-state index < -0.39 is 6.09 Å². The minimum absolute atomic E-state index is 0.278. The molecule has 0 fully saturated rings. The zero-order valence-corrected chi connectivity index (χ0v) is 18.2. The summed E-state index contributed by atoms with van der Waals surface area (Å²) in [5, 5.41) is 9.55. The third kappa shape index (κ3) is 6.99. The molecule has 2 aromatic rings. The van der Waals surface area contributed by atoms with Crippen molar-refractivity contribution < 1.29 is 19.0 Å². The van der Waals surface area contributed by atoms with Crippen LogP contribution in [0.1, 0.15) is 13.8 Å². The zero-order chi connectivity index (χ0) is 21.4. The van der Waals surface area contributed by atoms with Crippen LogP contribution < -0.4 is 25.4 Å². The van der Waals surface area contributed by atoms with E-state index in [9.17, 15) is 4.79 Å². The maximum Gasteiger partial charge on any atom is 0.411 e. The first kappa shape index (κ1) is 22.6. The lowest BCUT2D eigenvalue weighted by Crippen LogP contribution is -2.19. The maximum atomic E-state index is 11.7. The summed E-state index contributed by atoms with van der Waals surface area (Å²) in [4.78, 5) is 11.7. The second-order valence-electron chi connectivity index (χ2n) is 6.46. The van der Waals surface area contributed by atoms with E-state index in [0.717, 1.165) is 5.69 Å². The summed E-state index contributed by atoms with van der Waals surface area (Å²) < 4.78 is 15.6. The largest absolute Gasteiger partial charge is 0.495 e. The molecule has 2 aromatic carbocycles. The van der Waals surface area contributed by atoms with Crippen molar-refractivity contribution in [3.05, 3.63) is 41.4 Å². The maximum absolute atomic E-state index is 11.7. The Morgan fingerprint density at radius 2 is 1.59 bits per heavy atom. The number of hydrogen-bond acceptors (Lipinski definition) is 5. The average Bonchev–Trinajstić information content (AvgIpc) is 2.68. The van der Waals surface area contributed by atoms with Gasteiger partial charge in [0.15, 0.2) is 5.11 Å². The minimum Gasteiger partial charge on any atom is -0.495 e. The number of thiocarbonyl (C=S) groups is 1. The number of anilines is 3. The summed E-state index contributed by atoms with van der Waals surface area (Å²) in [5.41, 5.74) is 1.95. The van der Waals surface area contributed by atoms with E-state index in [4.69, 9.17) is 38.0 Å². The summed E-state index contributed by atoms with van der Waals surface area (Å²) in [5.74, 6) is 1.32. The van der Waals surface area contributed by atoms with Crippen LogP contribution in [0.4, 0.5) is 21.9 Å². The van der Waals surface area contributed by atoms with Gasteiger partial charge in [0.05, 0.1) is 31.5 Å². The van der Waals surface area contributed by atoms with Gasteiger partial charge in [0.1, 0.15) is 11.5 Å². The molecular weight excluding hydrogens is 414 g/mol. The third-order valence-electron chi connectivity index (χ3n) is 3.66. The first-order valence-electron chi connectivity index (χ1n) is 8.85. The minimum atomic E-state index is -0.486. The van der Waals surface area contributed by atoms with Gasteiger partial charge in [-0.05, 0) is 48.5 Å². The van der Waals surface area contributed by atoms with E-state index in [0.29, 0.717) is 39.6 Å². The Kier molecular flexibility index (Phi) is 8.35. The van der Waals surface area contributed by atoms with E-state index >= 15 is 0 Å². The van der Waals surface area contributed by atoms with E-state index in [2.05, 4.69) is 16.0 Å². The van der Waals surface area contributed by atoms with Crippen molar-refractivity contribution in [2.24, 2.45) is 5.92 Å². The molecule has 9 heteroatoms. The number of methoxy groups -OCH3 is 2. The highest BCUT2D eigenvalue weighted by Crippen LogP contribution is 2.35. The molecule has 0 aromatic heterocycles. The first-order valence-corrected chi connectivity index (χ1v) is 9.64. The second-order valence-corrected chi connectivity index (χ2v) is 7.28. The van der Waals surface area contributed by atoms with Crippen molar-refractivity contribution in [3.63, 3.8) is 0 Å². The van der Waals surface area contributed by atoms with E-state index in [-0.39, 0.29) is 5.92 Å². The molecule has 3 N–H and O–H groups in total. The van der Waals surface area contributed by atoms with Crippen molar-refractivity contribution in [2.75, 3.05) is 36.8 Å². The number of amides is 1. The molecule has 0 aliphatic rings. The monoisotopic (exact) mass is 437 g/mol. The number of hydrogen-bond donors (Lipinski definition) is 3. The summed E-state index contributed by atoms with van der Waals surface area (Å²) in [6.45, 7) is 4.31. The van der Waals surface area contributed by atoms with E-state index in [1.807, 2.05) is 13.8 Å². The average molecular weight is 438 g/mol. The lowest BCUT2D eigenvalue weighted by Gasteiger charge is -2.15. The van der Waals surface area contributed by atoms with Gasteiger partial charge in [0, 0.05) is 17.4 Å². The number of ether oxygens (including phenoxy) is 3. The highest BCUT2D eigenvalue weighted by atomic mass is 35.5. The second kappa shape index (κ2) is 10.7. The van der Waals surface area contributed by atoms with Crippen molar-refractivity contribution >= 4 is 52.1 Å². The van der Waals surface area contributed by atoms with Crippen LogP contribution in [0.5, 0.6) is 11.5 Å². The number of carbonyl (C=O) groups excluding carboxylic acids is 1. The van der Waals surface area contributed by atoms with Gasteiger partial charge >= 0.3 is 6.09 Å². The first-order chi connectivity index (χ1) is 13.8. The summed E-state index contributed by atoms with van der Waals surface area (Å²) in [6.07, 6.45) is -0.486. The van der Waals surface area contributed by atoms with E-state index in [1.54, 1.807) is 43.5 Å². The van der Waals surface area contributed by atoms with Crippen LogP contribution in [-0.4, -0.2) is 32.0 Å². The van der Waals surface area contributed by atoms with Gasteiger partial charge < -0.3 is 24.8 Å². The predicted molar refractivity (Wildman–Crippen MR) is 121 cm³/mol. The van der Waals surface area contributed by atoms with Gasteiger partial charge in [-0.2, -0.15) is 0 Å². The fourth-order valence-corrected chi connectivity index (χ4v) is 2.74. The molecule has 0 spiro atoms. The third-order valence-corrected chi connectivity index (χ3v) is 4.16.